The van der Waals surface area contributed by atoms with E-state index in [1.807, 2.05) is 4.90 Å². The van der Waals surface area contributed by atoms with Crippen LogP contribution in [0.15, 0.2) is 0 Å². The number of Topliss-reactive ketones (excluding diaryl/α,β-unsaturated/α-hetero) is 1. The Morgan fingerprint density at radius 3 is 2.28 bits per heavy atom. The maximum absolute atomic E-state index is 12.6. The van der Waals surface area contributed by atoms with Crippen LogP contribution in [0.5, 0.6) is 0 Å². The summed E-state index contributed by atoms with van der Waals surface area (Å²) in [6, 6.07) is -0.110. The van der Waals surface area contributed by atoms with Gasteiger partial charge in [-0.2, -0.15) is 13.2 Å². The fraction of sp³-hybridized carbons (Fsp3) is 0.923. The predicted octanol–water partition coefficient (Wildman–Crippen LogP) is 3.16. The Kier molecular flexibility index (Phi) is 4.30. The van der Waals surface area contributed by atoms with Gasteiger partial charge < -0.3 is 0 Å². The van der Waals surface area contributed by atoms with Crippen molar-refractivity contribution in [3.8, 4) is 0 Å². The number of piperidine rings is 1. The monoisotopic (exact) mass is 263 g/mol. The molecule has 2 fully saturated rings. The molecule has 0 N–H and O–H groups in total. The van der Waals surface area contributed by atoms with E-state index in [9.17, 15) is 18.0 Å². The number of alkyl halides is 3. The summed E-state index contributed by atoms with van der Waals surface area (Å²) in [7, 11) is 0. The van der Waals surface area contributed by atoms with Gasteiger partial charge in [-0.1, -0.05) is 12.8 Å². The maximum Gasteiger partial charge on any atom is 0.391 e. The topological polar surface area (TPSA) is 20.3 Å². The molecule has 0 aromatic rings. The predicted molar refractivity (Wildman–Crippen MR) is 62.2 cm³/mol. The van der Waals surface area contributed by atoms with Gasteiger partial charge in [0, 0.05) is 6.42 Å². The lowest BCUT2D eigenvalue weighted by atomic mass is 9.93. The van der Waals surface area contributed by atoms with Gasteiger partial charge in [-0.05, 0) is 38.8 Å². The smallest absolute Gasteiger partial charge is 0.298 e. The first-order chi connectivity index (χ1) is 8.48. The summed E-state index contributed by atoms with van der Waals surface area (Å²) in [5.41, 5.74) is 0. The Morgan fingerprint density at radius 2 is 1.67 bits per heavy atom. The van der Waals surface area contributed by atoms with E-state index in [0.717, 1.165) is 25.7 Å². The second kappa shape index (κ2) is 5.59. The number of hydrogen-bond donors (Lipinski definition) is 0. The summed E-state index contributed by atoms with van der Waals surface area (Å²) in [6.45, 7) is 0.834. The molecule has 1 aliphatic heterocycles. The molecular weight excluding hydrogens is 243 g/mol. The number of halogens is 3. The molecular formula is C13H20F3NO. The standard InChI is InChI=1S/C13H20F3NO/c14-13(15,16)10-6-8-17(9-7-10)11-4-2-1-3-5-12(11)18/h10-11H,1-9H2. The quantitative estimate of drug-likeness (QED) is 0.677. The fourth-order valence-electron chi connectivity index (χ4n) is 3.07. The van der Waals surface area contributed by atoms with Crippen LogP contribution in [-0.2, 0) is 4.79 Å². The minimum Gasteiger partial charge on any atom is -0.298 e. The zero-order valence-electron chi connectivity index (χ0n) is 10.5. The van der Waals surface area contributed by atoms with Crippen LogP contribution in [0.2, 0.25) is 0 Å². The maximum atomic E-state index is 12.6. The number of nitrogens with zero attached hydrogens (tertiary/aromatic N) is 1. The van der Waals surface area contributed by atoms with Crippen molar-refractivity contribution >= 4 is 5.78 Å². The average Bonchev–Trinajstić information content (AvgIpc) is 2.53. The lowest BCUT2D eigenvalue weighted by molar-refractivity contribution is -0.186. The van der Waals surface area contributed by atoms with Crippen LogP contribution in [0.1, 0.15) is 44.9 Å². The van der Waals surface area contributed by atoms with E-state index >= 15 is 0 Å². The largest absolute Gasteiger partial charge is 0.391 e. The first-order valence-electron chi connectivity index (χ1n) is 6.82. The van der Waals surface area contributed by atoms with Crippen molar-refractivity contribution in [1.29, 1.82) is 0 Å². The molecule has 0 aromatic heterocycles. The van der Waals surface area contributed by atoms with E-state index in [2.05, 4.69) is 0 Å². The van der Waals surface area contributed by atoms with Crippen LogP contribution >= 0.6 is 0 Å². The van der Waals surface area contributed by atoms with Crippen LogP contribution in [0.25, 0.3) is 0 Å². The van der Waals surface area contributed by atoms with Crippen molar-refractivity contribution in [2.75, 3.05) is 13.1 Å². The van der Waals surface area contributed by atoms with E-state index in [1.54, 1.807) is 0 Å². The third-order valence-corrected chi connectivity index (χ3v) is 4.21. The Labute approximate surface area is 106 Å². The van der Waals surface area contributed by atoms with Gasteiger partial charge in [-0.25, -0.2) is 0 Å². The number of likely N-dealkylation sites (tertiary alicyclic amines) is 1. The van der Waals surface area contributed by atoms with Crippen LogP contribution in [-0.4, -0.2) is 36.0 Å². The highest BCUT2D eigenvalue weighted by Gasteiger charge is 2.42. The molecule has 0 aromatic carbocycles. The second-order valence-corrected chi connectivity index (χ2v) is 5.43. The van der Waals surface area contributed by atoms with Crippen molar-refractivity contribution in [2.45, 2.75) is 57.2 Å². The Balaban J connectivity index is 1.90. The van der Waals surface area contributed by atoms with Gasteiger partial charge >= 0.3 is 6.18 Å². The van der Waals surface area contributed by atoms with Crippen LogP contribution in [0.3, 0.4) is 0 Å². The first kappa shape index (κ1) is 13.8. The van der Waals surface area contributed by atoms with Gasteiger partial charge in [0.15, 0.2) is 0 Å². The van der Waals surface area contributed by atoms with E-state index in [1.165, 1.54) is 0 Å². The third kappa shape index (κ3) is 3.25. The van der Waals surface area contributed by atoms with Crippen LogP contribution < -0.4 is 0 Å². The van der Waals surface area contributed by atoms with Crippen molar-refractivity contribution in [1.82, 2.24) is 4.90 Å². The van der Waals surface area contributed by atoms with Crippen molar-refractivity contribution in [3.05, 3.63) is 0 Å². The highest BCUT2D eigenvalue weighted by atomic mass is 19.4. The van der Waals surface area contributed by atoms with E-state index in [4.69, 9.17) is 0 Å². The van der Waals surface area contributed by atoms with Gasteiger partial charge in [-0.15, -0.1) is 0 Å². The molecule has 0 radical (unpaired) electrons. The van der Waals surface area contributed by atoms with E-state index < -0.39 is 12.1 Å². The first-order valence-corrected chi connectivity index (χ1v) is 6.82. The van der Waals surface area contributed by atoms with Crippen LogP contribution in [0.4, 0.5) is 13.2 Å². The number of ketones is 1. The normalized spacial score (nSPS) is 29.3. The SMILES string of the molecule is O=C1CCCCCC1N1CCC(C(F)(F)F)CC1. The molecule has 1 unspecified atom stereocenters. The van der Waals surface area contributed by atoms with Gasteiger partial charge in [0.05, 0.1) is 12.0 Å². The molecule has 104 valence electrons. The minimum absolute atomic E-state index is 0.110. The summed E-state index contributed by atoms with van der Waals surface area (Å²) >= 11 is 0. The second-order valence-electron chi connectivity index (χ2n) is 5.43. The molecule has 5 heteroatoms. The van der Waals surface area contributed by atoms with E-state index in [-0.39, 0.29) is 24.7 Å². The highest BCUT2D eigenvalue weighted by molar-refractivity contribution is 5.84. The summed E-state index contributed by atoms with van der Waals surface area (Å²) in [5, 5.41) is 0. The number of rotatable bonds is 1. The minimum atomic E-state index is -4.07. The summed E-state index contributed by atoms with van der Waals surface area (Å²) < 4.78 is 37.7. The molecule has 0 bridgehead atoms. The molecule has 1 heterocycles. The third-order valence-electron chi connectivity index (χ3n) is 4.21. The molecule has 0 amide bonds. The molecule has 0 spiro atoms. The van der Waals surface area contributed by atoms with Gasteiger partial charge in [-0.3, -0.25) is 9.69 Å². The Hall–Kier alpha value is -0.580. The molecule has 1 aliphatic carbocycles. The van der Waals surface area contributed by atoms with Crippen molar-refractivity contribution in [2.24, 2.45) is 5.92 Å². The summed E-state index contributed by atoms with van der Waals surface area (Å²) in [5.74, 6) is -0.937. The number of carbonyl (C=O) groups is 1. The average molecular weight is 263 g/mol. The Morgan fingerprint density at radius 1 is 1.00 bits per heavy atom. The lowest BCUT2D eigenvalue weighted by Crippen LogP contribution is -2.47. The van der Waals surface area contributed by atoms with Gasteiger partial charge in [0.1, 0.15) is 5.78 Å². The van der Waals surface area contributed by atoms with Crippen molar-refractivity contribution < 1.29 is 18.0 Å². The van der Waals surface area contributed by atoms with Gasteiger partial charge in [0.2, 0.25) is 0 Å². The molecule has 1 saturated carbocycles. The number of carbonyl (C=O) groups excluding carboxylic acids is 1. The summed E-state index contributed by atoms with van der Waals surface area (Å²) in [6.07, 6.45) is 0.685. The number of hydrogen-bond acceptors (Lipinski definition) is 2. The molecule has 1 saturated heterocycles. The molecule has 18 heavy (non-hydrogen) atoms. The fourth-order valence-corrected chi connectivity index (χ4v) is 3.07. The molecule has 2 nitrogen and oxygen atoms in total. The Bertz CT molecular complexity index is 295. The lowest BCUT2D eigenvalue weighted by Gasteiger charge is -2.37. The van der Waals surface area contributed by atoms with E-state index in [0.29, 0.717) is 19.5 Å². The van der Waals surface area contributed by atoms with Crippen molar-refractivity contribution in [3.63, 3.8) is 0 Å². The van der Waals surface area contributed by atoms with Crippen LogP contribution in [0, 0.1) is 5.92 Å². The highest BCUT2D eigenvalue weighted by Crippen LogP contribution is 2.35. The molecule has 2 aliphatic rings. The molecule has 1 atom stereocenters. The summed E-state index contributed by atoms with van der Waals surface area (Å²) in [4.78, 5) is 13.9. The zero-order valence-corrected chi connectivity index (χ0v) is 10.5. The zero-order chi connectivity index (χ0) is 13.2. The van der Waals surface area contributed by atoms with Gasteiger partial charge in [0.25, 0.3) is 0 Å². The molecule has 2 rings (SSSR count).